The number of nitrogens with one attached hydrogen (secondary N) is 2. The Morgan fingerprint density at radius 2 is 2.00 bits per heavy atom. The molecule has 0 aliphatic rings. The summed E-state index contributed by atoms with van der Waals surface area (Å²) < 4.78 is 9.41. The number of pyridine rings is 1. The van der Waals surface area contributed by atoms with E-state index >= 15 is 0 Å². The van der Waals surface area contributed by atoms with Gasteiger partial charge in [0.05, 0.1) is 13.5 Å². The van der Waals surface area contributed by atoms with E-state index in [2.05, 4.69) is 15.0 Å². The normalized spacial score (nSPS) is 10.1. The molecule has 0 spiro atoms. The van der Waals surface area contributed by atoms with E-state index < -0.39 is 5.97 Å². The van der Waals surface area contributed by atoms with Crippen LogP contribution in [-0.2, 0) is 19.1 Å². The van der Waals surface area contributed by atoms with E-state index in [0.717, 1.165) is 6.42 Å². The Morgan fingerprint density at radius 3 is 2.59 bits per heavy atom. The maximum Gasteiger partial charge on any atom is 0.306 e. The third-order valence-corrected chi connectivity index (χ3v) is 2.94. The van der Waals surface area contributed by atoms with Crippen LogP contribution in [0.2, 0.25) is 0 Å². The van der Waals surface area contributed by atoms with Gasteiger partial charge in [-0.15, -0.1) is 0 Å². The molecule has 7 nitrogen and oxygen atoms in total. The zero-order valence-corrected chi connectivity index (χ0v) is 12.8. The van der Waals surface area contributed by atoms with Crippen molar-refractivity contribution < 1.29 is 19.1 Å². The van der Waals surface area contributed by atoms with Crippen LogP contribution in [0, 0.1) is 5.41 Å². The van der Waals surface area contributed by atoms with Crippen molar-refractivity contribution in [2.45, 2.75) is 25.7 Å². The van der Waals surface area contributed by atoms with Gasteiger partial charge in [0.25, 0.3) is 0 Å². The van der Waals surface area contributed by atoms with E-state index in [-0.39, 0.29) is 18.7 Å². The number of carbonyl (C=O) groups is 2. The highest BCUT2D eigenvalue weighted by Crippen LogP contribution is 2.09. The van der Waals surface area contributed by atoms with Crippen molar-refractivity contribution in [3.8, 4) is 0 Å². The number of nitrogens with zero attached hydrogens (tertiary/aromatic N) is 1. The molecule has 1 heterocycles. The summed E-state index contributed by atoms with van der Waals surface area (Å²) in [7, 11) is 2.91. The van der Waals surface area contributed by atoms with Crippen molar-refractivity contribution in [2.75, 3.05) is 26.1 Å². The predicted octanol–water partition coefficient (Wildman–Crippen LogP) is 1.77. The first-order chi connectivity index (χ1) is 10.6. The highest BCUT2D eigenvalue weighted by molar-refractivity contribution is 5.98. The van der Waals surface area contributed by atoms with Crippen molar-refractivity contribution in [3.05, 3.63) is 23.9 Å². The van der Waals surface area contributed by atoms with Gasteiger partial charge in [-0.05, 0) is 25.0 Å². The zero-order valence-electron chi connectivity index (χ0n) is 12.8. The molecule has 0 aliphatic heterocycles. The van der Waals surface area contributed by atoms with Gasteiger partial charge < -0.3 is 20.2 Å². The first-order valence-corrected chi connectivity index (χ1v) is 6.96. The minimum absolute atomic E-state index is 0.0323. The lowest BCUT2D eigenvalue weighted by Gasteiger charge is -2.06. The topological polar surface area (TPSA) is 101 Å². The van der Waals surface area contributed by atoms with Gasteiger partial charge in [0.1, 0.15) is 5.82 Å². The van der Waals surface area contributed by atoms with Gasteiger partial charge in [-0.25, -0.2) is 4.98 Å². The number of methoxy groups -OCH3 is 2. The molecule has 2 N–H and O–H groups in total. The summed E-state index contributed by atoms with van der Waals surface area (Å²) in [5.74, 6) is -0.341. The van der Waals surface area contributed by atoms with Crippen LogP contribution >= 0.6 is 0 Å². The average Bonchev–Trinajstić information content (AvgIpc) is 2.53. The second-order valence-electron chi connectivity index (χ2n) is 4.63. The van der Waals surface area contributed by atoms with Gasteiger partial charge >= 0.3 is 5.97 Å². The van der Waals surface area contributed by atoms with Crippen molar-refractivity contribution in [3.63, 3.8) is 0 Å². The first-order valence-electron chi connectivity index (χ1n) is 6.96. The molecule has 0 fully saturated rings. The maximum atomic E-state index is 11.6. The lowest BCUT2D eigenvalue weighted by atomic mass is 10.1. The maximum absolute atomic E-state index is 11.6. The Balaban J connectivity index is 2.45. The molecule has 0 atom stereocenters. The summed E-state index contributed by atoms with van der Waals surface area (Å²) in [6.45, 7) is 0.615. The molecule has 0 aromatic carbocycles. The Labute approximate surface area is 129 Å². The van der Waals surface area contributed by atoms with Gasteiger partial charge in [0, 0.05) is 37.6 Å². The van der Waals surface area contributed by atoms with Crippen LogP contribution in [0.5, 0.6) is 0 Å². The molecule has 0 saturated heterocycles. The molecule has 0 bridgehead atoms. The minimum atomic E-state index is -0.428. The summed E-state index contributed by atoms with van der Waals surface area (Å²) in [4.78, 5) is 26.7. The summed E-state index contributed by atoms with van der Waals surface area (Å²) in [5, 5.41) is 10.5. The van der Waals surface area contributed by atoms with Crippen LogP contribution in [0.4, 0.5) is 5.82 Å². The van der Waals surface area contributed by atoms with E-state index in [0.29, 0.717) is 30.1 Å². The number of anilines is 1. The minimum Gasteiger partial charge on any atom is -0.469 e. The van der Waals surface area contributed by atoms with Crippen LogP contribution in [-0.4, -0.2) is 43.4 Å². The van der Waals surface area contributed by atoms with Crippen molar-refractivity contribution in [2.24, 2.45) is 0 Å². The number of amides is 1. The Hall–Kier alpha value is -2.28. The number of rotatable bonds is 9. The van der Waals surface area contributed by atoms with Crippen LogP contribution < -0.4 is 5.32 Å². The number of carbonyl (C=O) groups excluding carboxylic acids is 2. The largest absolute Gasteiger partial charge is 0.469 e. The number of esters is 1. The van der Waals surface area contributed by atoms with Crippen LogP contribution in [0.15, 0.2) is 18.3 Å². The van der Waals surface area contributed by atoms with Crippen LogP contribution in [0.25, 0.3) is 0 Å². The molecule has 1 amide bonds. The molecule has 120 valence electrons. The fraction of sp³-hybridized carbons (Fsp3) is 0.467. The number of ether oxygens (including phenoxy) is 2. The molecule has 1 aromatic rings. The highest BCUT2D eigenvalue weighted by Gasteiger charge is 2.08. The molecule has 7 heteroatoms. The van der Waals surface area contributed by atoms with Crippen molar-refractivity contribution >= 4 is 23.4 Å². The Kier molecular flexibility index (Phi) is 7.77. The molecule has 0 unspecified atom stereocenters. The summed E-state index contributed by atoms with van der Waals surface area (Å²) >= 11 is 0. The van der Waals surface area contributed by atoms with Crippen molar-refractivity contribution in [1.82, 2.24) is 4.98 Å². The standard InChI is InChI=1S/C15H21N3O4/c1-21-9-3-4-12(16)11-5-6-13(17-10-11)18-14(19)7-8-15(20)22-2/h5-6,10,16H,3-4,7-9H2,1-2H3,(H,17,18,19). The number of hydrogen-bond donors (Lipinski definition) is 2. The highest BCUT2D eigenvalue weighted by atomic mass is 16.5. The molecule has 22 heavy (non-hydrogen) atoms. The first kappa shape index (κ1) is 17.8. The smallest absolute Gasteiger partial charge is 0.306 e. The van der Waals surface area contributed by atoms with E-state index in [1.807, 2.05) is 0 Å². The molecule has 1 aromatic heterocycles. The van der Waals surface area contributed by atoms with E-state index in [1.165, 1.54) is 7.11 Å². The summed E-state index contributed by atoms with van der Waals surface area (Å²) in [6, 6.07) is 3.37. The van der Waals surface area contributed by atoms with Gasteiger partial charge in [0.2, 0.25) is 5.91 Å². The molecule has 0 aliphatic carbocycles. The van der Waals surface area contributed by atoms with E-state index in [1.54, 1.807) is 25.4 Å². The molecule has 1 rings (SSSR count). The van der Waals surface area contributed by atoms with Crippen molar-refractivity contribution in [1.29, 1.82) is 5.41 Å². The third-order valence-electron chi connectivity index (χ3n) is 2.94. The monoisotopic (exact) mass is 307 g/mol. The molecule has 0 radical (unpaired) electrons. The average molecular weight is 307 g/mol. The predicted molar refractivity (Wildman–Crippen MR) is 82.1 cm³/mol. The fourth-order valence-electron chi connectivity index (χ4n) is 1.71. The van der Waals surface area contributed by atoms with Crippen LogP contribution in [0.1, 0.15) is 31.2 Å². The molecule has 0 saturated carbocycles. The number of aromatic nitrogens is 1. The Bertz CT molecular complexity index is 514. The van der Waals surface area contributed by atoms with Gasteiger partial charge in [-0.2, -0.15) is 0 Å². The number of hydrogen-bond acceptors (Lipinski definition) is 6. The van der Waals surface area contributed by atoms with Gasteiger partial charge in [-0.1, -0.05) is 0 Å². The summed E-state index contributed by atoms with van der Waals surface area (Å²) in [6.07, 6.45) is 3.01. The quantitative estimate of drug-likeness (QED) is 0.411. The lowest BCUT2D eigenvalue weighted by Crippen LogP contribution is -2.15. The van der Waals surface area contributed by atoms with E-state index in [9.17, 15) is 9.59 Å². The lowest BCUT2D eigenvalue weighted by molar-refractivity contribution is -0.141. The summed E-state index contributed by atoms with van der Waals surface area (Å²) in [5.41, 5.74) is 1.19. The van der Waals surface area contributed by atoms with Gasteiger partial charge in [0.15, 0.2) is 0 Å². The second-order valence-corrected chi connectivity index (χ2v) is 4.63. The molecular weight excluding hydrogens is 286 g/mol. The van der Waals surface area contributed by atoms with E-state index in [4.69, 9.17) is 10.1 Å². The fourth-order valence-corrected chi connectivity index (χ4v) is 1.71. The SMILES string of the molecule is COCCCC(=N)c1ccc(NC(=O)CCC(=O)OC)nc1. The van der Waals surface area contributed by atoms with Gasteiger partial charge in [-0.3, -0.25) is 9.59 Å². The Morgan fingerprint density at radius 1 is 1.23 bits per heavy atom. The second kappa shape index (κ2) is 9.62. The van der Waals surface area contributed by atoms with Crippen LogP contribution in [0.3, 0.4) is 0 Å². The zero-order chi connectivity index (χ0) is 16.4. The third kappa shape index (κ3) is 6.45. The molecular formula is C15H21N3O4.